The van der Waals surface area contributed by atoms with Crippen LogP contribution in [-0.2, 0) is 9.59 Å². The SMILES string of the molecule is CN(C)C(=O)CC(NC(=O)N1CCC(C(=O)O)CC1)c1ccccc1. The fourth-order valence-corrected chi connectivity index (χ4v) is 2.86. The molecule has 1 heterocycles. The third-order valence-corrected chi connectivity index (χ3v) is 4.51. The van der Waals surface area contributed by atoms with Crippen LogP contribution in [0.4, 0.5) is 4.79 Å². The zero-order valence-corrected chi connectivity index (χ0v) is 14.6. The van der Waals surface area contributed by atoms with E-state index < -0.39 is 12.0 Å². The number of likely N-dealkylation sites (tertiary alicyclic amines) is 1. The molecule has 0 spiro atoms. The quantitative estimate of drug-likeness (QED) is 0.848. The summed E-state index contributed by atoms with van der Waals surface area (Å²) in [7, 11) is 3.37. The minimum atomic E-state index is -0.807. The average molecular weight is 347 g/mol. The number of aliphatic carboxylic acids is 1. The molecule has 0 radical (unpaired) electrons. The second kappa shape index (κ2) is 8.50. The number of carboxylic acids is 1. The summed E-state index contributed by atoms with van der Waals surface area (Å²) in [4.78, 5) is 38.8. The number of benzene rings is 1. The van der Waals surface area contributed by atoms with Gasteiger partial charge in [-0.05, 0) is 18.4 Å². The molecule has 1 unspecified atom stereocenters. The maximum absolute atomic E-state index is 12.6. The minimum Gasteiger partial charge on any atom is -0.481 e. The van der Waals surface area contributed by atoms with E-state index in [1.807, 2.05) is 30.3 Å². The number of nitrogens with one attached hydrogen (secondary N) is 1. The summed E-state index contributed by atoms with van der Waals surface area (Å²) in [6.07, 6.45) is 1.08. The molecule has 1 aliphatic rings. The number of carboxylic acid groups (broad SMARTS) is 1. The van der Waals surface area contributed by atoms with Gasteiger partial charge in [0, 0.05) is 27.2 Å². The second-order valence-electron chi connectivity index (χ2n) is 6.50. The van der Waals surface area contributed by atoms with Gasteiger partial charge in [-0.3, -0.25) is 9.59 Å². The van der Waals surface area contributed by atoms with Crippen molar-refractivity contribution in [3.05, 3.63) is 35.9 Å². The lowest BCUT2D eigenvalue weighted by molar-refractivity contribution is -0.143. The van der Waals surface area contributed by atoms with E-state index in [0.717, 1.165) is 5.56 Å². The van der Waals surface area contributed by atoms with E-state index in [-0.39, 0.29) is 24.3 Å². The van der Waals surface area contributed by atoms with E-state index in [1.54, 1.807) is 19.0 Å². The molecule has 3 amide bonds. The number of nitrogens with zero attached hydrogens (tertiary/aromatic N) is 2. The maximum Gasteiger partial charge on any atom is 0.317 e. The first-order chi connectivity index (χ1) is 11.9. The zero-order valence-electron chi connectivity index (χ0n) is 14.6. The van der Waals surface area contributed by atoms with E-state index in [9.17, 15) is 14.4 Å². The predicted octanol–water partition coefficient (Wildman–Crippen LogP) is 1.71. The van der Waals surface area contributed by atoms with Gasteiger partial charge in [0.05, 0.1) is 18.4 Å². The summed E-state index contributed by atoms with van der Waals surface area (Å²) in [6, 6.07) is 8.70. The maximum atomic E-state index is 12.6. The van der Waals surface area contributed by atoms with Crippen LogP contribution in [-0.4, -0.2) is 60.0 Å². The van der Waals surface area contributed by atoms with Crippen LogP contribution < -0.4 is 5.32 Å². The van der Waals surface area contributed by atoms with E-state index in [2.05, 4.69) is 5.32 Å². The lowest BCUT2D eigenvalue weighted by Crippen LogP contribution is -2.47. The molecule has 0 saturated carbocycles. The predicted molar refractivity (Wildman–Crippen MR) is 93.0 cm³/mol. The average Bonchev–Trinajstić information content (AvgIpc) is 2.61. The first-order valence-electron chi connectivity index (χ1n) is 8.42. The van der Waals surface area contributed by atoms with Gasteiger partial charge < -0.3 is 20.2 Å². The summed E-state index contributed by atoms with van der Waals surface area (Å²) in [6.45, 7) is 0.817. The van der Waals surface area contributed by atoms with Crippen LogP contribution in [0.15, 0.2) is 30.3 Å². The monoisotopic (exact) mass is 347 g/mol. The largest absolute Gasteiger partial charge is 0.481 e. The highest BCUT2D eigenvalue weighted by Crippen LogP contribution is 2.21. The number of amides is 3. The van der Waals surface area contributed by atoms with Crippen molar-refractivity contribution in [1.29, 1.82) is 0 Å². The number of hydrogen-bond acceptors (Lipinski definition) is 3. The van der Waals surface area contributed by atoms with Crippen molar-refractivity contribution in [2.45, 2.75) is 25.3 Å². The molecule has 136 valence electrons. The van der Waals surface area contributed by atoms with Crippen molar-refractivity contribution >= 4 is 17.9 Å². The van der Waals surface area contributed by atoms with E-state index in [0.29, 0.717) is 25.9 Å². The standard InChI is InChI=1S/C18H25N3O4/c1-20(2)16(22)12-15(13-6-4-3-5-7-13)19-18(25)21-10-8-14(9-11-21)17(23)24/h3-7,14-15H,8-12H2,1-2H3,(H,19,25)(H,23,24). The van der Waals surface area contributed by atoms with Crippen LogP contribution in [0, 0.1) is 5.92 Å². The fourth-order valence-electron chi connectivity index (χ4n) is 2.86. The molecular weight excluding hydrogens is 322 g/mol. The lowest BCUT2D eigenvalue weighted by Gasteiger charge is -2.32. The third-order valence-electron chi connectivity index (χ3n) is 4.51. The Labute approximate surface area is 147 Å². The Balaban J connectivity index is 2.02. The Morgan fingerprint density at radius 3 is 2.32 bits per heavy atom. The molecule has 1 aromatic rings. The highest BCUT2D eigenvalue weighted by atomic mass is 16.4. The normalized spacial score (nSPS) is 16.2. The van der Waals surface area contributed by atoms with Crippen LogP contribution in [0.25, 0.3) is 0 Å². The van der Waals surface area contributed by atoms with Crippen molar-refractivity contribution in [3.63, 3.8) is 0 Å². The molecule has 2 N–H and O–H groups in total. The van der Waals surface area contributed by atoms with Gasteiger partial charge in [0.15, 0.2) is 0 Å². The highest BCUT2D eigenvalue weighted by molar-refractivity contribution is 5.79. The number of carbonyl (C=O) groups excluding carboxylic acids is 2. The molecule has 1 atom stereocenters. The van der Waals surface area contributed by atoms with Crippen molar-refractivity contribution in [1.82, 2.24) is 15.1 Å². The van der Waals surface area contributed by atoms with Crippen LogP contribution >= 0.6 is 0 Å². The van der Waals surface area contributed by atoms with Crippen LogP contribution in [0.5, 0.6) is 0 Å². The Bertz CT molecular complexity index is 610. The van der Waals surface area contributed by atoms with Gasteiger partial charge in [-0.25, -0.2) is 4.79 Å². The third kappa shape index (κ3) is 5.20. The number of carbonyl (C=O) groups is 3. The topological polar surface area (TPSA) is 90.0 Å². The van der Waals surface area contributed by atoms with Crippen LogP contribution in [0.1, 0.15) is 30.9 Å². The molecule has 1 saturated heterocycles. The highest BCUT2D eigenvalue weighted by Gasteiger charge is 2.28. The zero-order chi connectivity index (χ0) is 18.4. The number of rotatable bonds is 5. The fraction of sp³-hybridized carbons (Fsp3) is 0.500. The summed E-state index contributed by atoms with van der Waals surface area (Å²) < 4.78 is 0. The molecular formula is C18H25N3O4. The van der Waals surface area contributed by atoms with Gasteiger partial charge in [-0.15, -0.1) is 0 Å². The van der Waals surface area contributed by atoms with Crippen LogP contribution in [0.3, 0.4) is 0 Å². The Morgan fingerprint density at radius 1 is 1.20 bits per heavy atom. The van der Waals surface area contributed by atoms with Gasteiger partial charge in [0.2, 0.25) is 5.91 Å². The molecule has 1 fully saturated rings. The first kappa shape index (κ1) is 18.8. The van der Waals surface area contributed by atoms with E-state index >= 15 is 0 Å². The Morgan fingerprint density at radius 2 is 1.80 bits per heavy atom. The molecule has 0 aliphatic carbocycles. The van der Waals surface area contributed by atoms with Crippen molar-refractivity contribution in [3.8, 4) is 0 Å². The van der Waals surface area contributed by atoms with Gasteiger partial charge >= 0.3 is 12.0 Å². The van der Waals surface area contributed by atoms with Gasteiger partial charge in [-0.1, -0.05) is 30.3 Å². The molecule has 7 heteroatoms. The van der Waals surface area contributed by atoms with Crippen molar-refractivity contribution in [2.75, 3.05) is 27.2 Å². The van der Waals surface area contributed by atoms with E-state index in [4.69, 9.17) is 5.11 Å². The number of hydrogen-bond donors (Lipinski definition) is 2. The summed E-state index contributed by atoms with van der Waals surface area (Å²) in [5.41, 5.74) is 0.867. The molecule has 0 bridgehead atoms. The molecule has 7 nitrogen and oxygen atoms in total. The van der Waals surface area contributed by atoms with E-state index in [1.165, 1.54) is 4.90 Å². The summed E-state index contributed by atoms with van der Waals surface area (Å²) in [5.74, 6) is -1.26. The van der Waals surface area contributed by atoms with Gasteiger partial charge in [-0.2, -0.15) is 0 Å². The first-order valence-corrected chi connectivity index (χ1v) is 8.42. The molecule has 1 aromatic carbocycles. The Hall–Kier alpha value is -2.57. The summed E-state index contributed by atoms with van der Waals surface area (Å²) in [5, 5.41) is 12.0. The van der Waals surface area contributed by atoms with Gasteiger partial charge in [0.1, 0.15) is 0 Å². The summed E-state index contributed by atoms with van der Waals surface area (Å²) >= 11 is 0. The number of piperidine rings is 1. The smallest absolute Gasteiger partial charge is 0.317 e. The second-order valence-corrected chi connectivity index (χ2v) is 6.50. The van der Waals surface area contributed by atoms with Crippen molar-refractivity contribution < 1.29 is 19.5 Å². The minimum absolute atomic E-state index is 0.0706. The molecule has 1 aliphatic heterocycles. The molecule has 25 heavy (non-hydrogen) atoms. The number of urea groups is 1. The van der Waals surface area contributed by atoms with Crippen molar-refractivity contribution in [2.24, 2.45) is 5.92 Å². The lowest BCUT2D eigenvalue weighted by atomic mass is 9.97. The molecule has 0 aromatic heterocycles. The van der Waals surface area contributed by atoms with Crippen LogP contribution in [0.2, 0.25) is 0 Å². The molecule has 2 rings (SSSR count). The Kier molecular flexibility index (Phi) is 6.38. The van der Waals surface area contributed by atoms with Gasteiger partial charge in [0.25, 0.3) is 0 Å².